The number of amides is 4. The second-order valence-corrected chi connectivity index (χ2v) is 7.78. The summed E-state index contributed by atoms with van der Waals surface area (Å²) in [6.45, 7) is 0.133. The lowest BCUT2D eigenvalue weighted by molar-refractivity contribution is -0.142. The van der Waals surface area contributed by atoms with Crippen molar-refractivity contribution < 1.29 is 18.8 Å². The van der Waals surface area contributed by atoms with E-state index in [1.165, 1.54) is 24.3 Å². The fourth-order valence-corrected chi connectivity index (χ4v) is 4.51. The van der Waals surface area contributed by atoms with Crippen molar-refractivity contribution in [2.45, 2.75) is 6.42 Å². The van der Waals surface area contributed by atoms with Gasteiger partial charge in [-0.1, -0.05) is 30.3 Å². The van der Waals surface area contributed by atoms with E-state index in [2.05, 4.69) is 5.32 Å². The first-order chi connectivity index (χ1) is 14.4. The van der Waals surface area contributed by atoms with Crippen LogP contribution in [0.4, 0.5) is 20.6 Å². The number of fused-ring (bicyclic) bond motifs is 3. The van der Waals surface area contributed by atoms with Gasteiger partial charge in [-0.25, -0.2) is 14.1 Å². The molecule has 3 aromatic carbocycles. The van der Waals surface area contributed by atoms with Gasteiger partial charge in [-0.15, -0.1) is 0 Å². The van der Waals surface area contributed by atoms with Crippen LogP contribution >= 0.6 is 0 Å². The Balaban J connectivity index is 1.65. The lowest BCUT2D eigenvalue weighted by Gasteiger charge is -2.45. The van der Waals surface area contributed by atoms with Crippen LogP contribution in [0.15, 0.2) is 60.7 Å². The monoisotopic (exact) mass is 403 g/mol. The molecule has 2 aliphatic rings. The number of urea groups is 1. The van der Waals surface area contributed by atoms with Gasteiger partial charge in [-0.2, -0.15) is 0 Å². The summed E-state index contributed by atoms with van der Waals surface area (Å²) in [5, 5.41) is 4.32. The summed E-state index contributed by atoms with van der Waals surface area (Å²) in [7, 11) is 1.83. The normalized spacial score (nSPS) is 21.2. The molecule has 1 atom stereocenters. The van der Waals surface area contributed by atoms with Gasteiger partial charge < -0.3 is 4.90 Å². The zero-order chi connectivity index (χ0) is 21.0. The van der Waals surface area contributed by atoms with Crippen LogP contribution in [0.2, 0.25) is 0 Å². The number of halogens is 1. The Morgan fingerprint density at radius 2 is 1.70 bits per heavy atom. The second kappa shape index (κ2) is 6.38. The predicted octanol–water partition coefficient (Wildman–Crippen LogP) is 3.24. The van der Waals surface area contributed by atoms with Gasteiger partial charge in [-0.3, -0.25) is 14.9 Å². The van der Waals surface area contributed by atoms with Crippen molar-refractivity contribution in [2.75, 3.05) is 23.4 Å². The minimum Gasteiger partial charge on any atom is -0.373 e. The summed E-state index contributed by atoms with van der Waals surface area (Å²) >= 11 is 0. The average molecular weight is 403 g/mol. The van der Waals surface area contributed by atoms with Gasteiger partial charge in [0, 0.05) is 25.7 Å². The molecule has 0 aliphatic carbocycles. The molecule has 0 bridgehead atoms. The molecule has 3 aromatic rings. The molecule has 0 aromatic heterocycles. The molecule has 0 radical (unpaired) electrons. The van der Waals surface area contributed by atoms with Crippen LogP contribution in [0.1, 0.15) is 5.56 Å². The smallest absolute Gasteiger partial charge is 0.335 e. The largest absolute Gasteiger partial charge is 0.373 e. The maximum atomic E-state index is 13.6. The Bertz CT molecular complexity index is 1220. The molecule has 0 saturated carbocycles. The maximum absolute atomic E-state index is 13.6. The van der Waals surface area contributed by atoms with E-state index in [4.69, 9.17) is 0 Å². The third-order valence-electron chi connectivity index (χ3n) is 5.97. The standard InChI is InChI=1S/C23H18FN3O3/c1-26-13-23(12-18-17-5-3-2-4-14(17)6-11-19(18)26)20(28)25-22(30)27(21(23)29)16-9-7-15(24)8-10-16/h2-11H,12-13H2,1H3,(H,25,28,30). The van der Waals surface area contributed by atoms with Crippen molar-refractivity contribution in [1.29, 1.82) is 0 Å². The molecule has 1 saturated heterocycles. The van der Waals surface area contributed by atoms with Gasteiger partial charge in [0.05, 0.1) is 5.69 Å². The number of rotatable bonds is 1. The Kier molecular flexibility index (Phi) is 3.89. The number of anilines is 2. The van der Waals surface area contributed by atoms with Gasteiger partial charge in [0.25, 0.3) is 5.91 Å². The number of hydrogen-bond acceptors (Lipinski definition) is 4. The van der Waals surface area contributed by atoms with Crippen LogP contribution < -0.4 is 15.1 Å². The van der Waals surface area contributed by atoms with E-state index >= 15 is 0 Å². The van der Waals surface area contributed by atoms with Crippen LogP contribution in [0.5, 0.6) is 0 Å². The molecule has 1 fully saturated rings. The third-order valence-corrected chi connectivity index (χ3v) is 5.97. The molecule has 6 nitrogen and oxygen atoms in total. The van der Waals surface area contributed by atoms with Crippen molar-refractivity contribution in [3.05, 3.63) is 72.0 Å². The number of carbonyl (C=O) groups excluding carboxylic acids is 3. The first-order valence-corrected chi connectivity index (χ1v) is 9.58. The number of barbiturate groups is 1. The van der Waals surface area contributed by atoms with Gasteiger partial charge in [0.15, 0.2) is 5.41 Å². The summed E-state index contributed by atoms with van der Waals surface area (Å²) in [6.07, 6.45) is 0.170. The van der Waals surface area contributed by atoms with Crippen LogP contribution in [0.25, 0.3) is 10.8 Å². The van der Waals surface area contributed by atoms with Crippen molar-refractivity contribution in [1.82, 2.24) is 5.32 Å². The molecular weight excluding hydrogens is 385 g/mol. The summed E-state index contributed by atoms with van der Waals surface area (Å²) in [4.78, 5) is 42.0. The SMILES string of the molecule is CN1CC2(Cc3c1ccc1ccccc31)C(=O)NC(=O)N(c1ccc(F)cc1)C2=O. The zero-order valence-corrected chi connectivity index (χ0v) is 16.2. The third kappa shape index (κ3) is 2.51. The molecule has 1 spiro atoms. The van der Waals surface area contributed by atoms with E-state index in [9.17, 15) is 18.8 Å². The molecular formula is C23H18FN3O3. The summed E-state index contributed by atoms with van der Waals surface area (Å²) < 4.78 is 13.4. The minimum atomic E-state index is -1.46. The molecule has 2 aliphatic heterocycles. The highest BCUT2D eigenvalue weighted by molar-refractivity contribution is 6.30. The molecule has 4 amide bonds. The maximum Gasteiger partial charge on any atom is 0.335 e. The highest BCUT2D eigenvalue weighted by atomic mass is 19.1. The van der Waals surface area contributed by atoms with Crippen molar-refractivity contribution >= 4 is 40.0 Å². The molecule has 1 unspecified atom stereocenters. The van der Waals surface area contributed by atoms with Crippen LogP contribution in [-0.4, -0.2) is 31.4 Å². The van der Waals surface area contributed by atoms with E-state index < -0.39 is 29.1 Å². The van der Waals surface area contributed by atoms with Gasteiger partial charge in [-0.05, 0) is 46.7 Å². The lowest BCUT2D eigenvalue weighted by Crippen LogP contribution is -2.68. The van der Waals surface area contributed by atoms with Crippen molar-refractivity contribution in [2.24, 2.45) is 5.41 Å². The Hall–Kier alpha value is -3.74. The van der Waals surface area contributed by atoms with Crippen LogP contribution in [0.3, 0.4) is 0 Å². The molecule has 7 heteroatoms. The quantitative estimate of drug-likeness (QED) is 0.634. The number of nitrogens with one attached hydrogen (secondary N) is 1. The molecule has 1 N–H and O–H groups in total. The lowest BCUT2D eigenvalue weighted by atomic mass is 9.73. The fourth-order valence-electron chi connectivity index (χ4n) is 4.51. The molecule has 5 rings (SSSR count). The van der Waals surface area contributed by atoms with E-state index in [1.807, 2.05) is 48.3 Å². The fraction of sp³-hybridized carbons (Fsp3) is 0.174. The van der Waals surface area contributed by atoms with Crippen molar-refractivity contribution in [3.8, 4) is 0 Å². The second-order valence-electron chi connectivity index (χ2n) is 7.78. The average Bonchev–Trinajstić information content (AvgIpc) is 2.74. The summed E-state index contributed by atoms with van der Waals surface area (Å²) in [5.41, 5.74) is 0.592. The van der Waals surface area contributed by atoms with Crippen LogP contribution in [0, 0.1) is 11.2 Å². The van der Waals surface area contributed by atoms with Crippen molar-refractivity contribution in [3.63, 3.8) is 0 Å². The van der Waals surface area contributed by atoms with Gasteiger partial charge in [0.1, 0.15) is 5.82 Å². The van der Waals surface area contributed by atoms with Crippen LogP contribution in [-0.2, 0) is 16.0 Å². The molecule has 30 heavy (non-hydrogen) atoms. The number of imide groups is 2. The minimum absolute atomic E-state index is 0.133. The summed E-state index contributed by atoms with van der Waals surface area (Å²) in [6, 6.07) is 16.0. The number of nitrogens with zero attached hydrogens (tertiary/aromatic N) is 2. The highest BCUT2D eigenvalue weighted by Gasteiger charge is 2.57. The van der Waals surface area contributed by atoms with E-state index in [-0.39, 0.29) is 18.7 Å². The summed E-state index contributed by atoms with van der Waals surface area (Å²) in [5.74, 6) is -1.69. The van der Waals surface area contributed by atoms with E-state index in [1.54, 1.807) is 0 Å². The Labute approximate surface area is 171 Å². The Morgan fingerprint density at radius 1 is 0.967 bits per heavy atom. The number of benzene rings is 3. The van der Waals surface area contributed by atoms with Gasteiger partial charge >= 0.3 is 6.03 Å². The molecule has 2 heterocycles. The molecule has 150 valence electrons. The number of carbonyl (C=O) groups is 3. The van der Waals surface area contributed by atoms with E-state index in [0.29, 0.717) is 0 Å². The first-order valence-electron chi connectivity index (χ1n) is 9.58. The van der Waals surface area contributed by atoms with E-state index in [0.717, 1.165) is 26.9 Å². The zero-order valence-electron chi connectivity index (χ0n) is 16.2. The topological polar surface area (TPSA) is 69.7 Å². The highest BCUT2D eigenvalue weighted by Crippen LogP contribution is 2.42. The predicted molar refractivity (Wildman–Crippen MR) is 111 cm³/mol. The number of hydrogen-bond donors (Lipinski definition) is 1. The van der Waals surface area contributed by atoms with Gasteiger partial charge in [0.2, 0.25) is 5.91 Å². The Morgan fingerprint density at radius 3 is 2.47 bits per heavy atom. The first kappa shape index (κ1) is 18.3.